The topological polar surface area (TPSA) is 97.1 Å². The molecule has 2 N–H and O–H groups in total. The van der Waals surface area contributed by atoms with E-state index in [2.05, 4.69) is 21.0 Å². The Morgan fingerprint density at radius 1 is 1.20 bits per heavy atom. The number of hydrazine groups is 1. The molecule has 3 aromatic rings. The molecule has 0 saturated heterocycles. The minimum absolute atomic E-state index is 0.0306. The Kier molecular flexibility index (Phi) is 5.14. The first kappa shape index (κ1) is 16.8. The molecule has 9 heteroatoms. The summed E-state index contributed by atoms with van der Waals surface area (Å²) in [6.45, 7) is 0. The molecule has 0 atom stereocenters. The number of aromatic nitrogens is 2. The molecule has 0 aliphatic heterocycles. The van der Waals surface area contributed by atoms with Crippen molar-refractivity contribution < 1.29 is 18.5 Å². The van der Waals surface area contributed by atoms with Gasteiger partial charge >= 0.3 is 0 Å². The molecule has 0 fully saturated rings. The van der Waals surface area contributed by atoms with E-state index in [4.69, 9.17) is 4.52 Å². The highest BCUT2D eigenvalue weighted by Crippen LogP contribution is 2.18. The van der Waals surface area contributed by atoms with Crippen LogP contribution in [0.5, 0.6) is 0 Å². The Bertz CT molecular complexity index is 879. The van der Waals surface area contributed by atoms with Gasteiger partial charge in [-0.25, -0.2) is 4.39 Å². The summed E-state index contributed by atoms with van der Waals surface area (Å²) in [5.41, 5.74) is 5.08. The van der Waals surface area contributed by atoms with Gasteiger partial charge < -0.3 is 4.52 Å². The largest absolute Gasteiger partial charge is 0.339 e. The molecule has 7 nitrogen and oxygen atoms in total. The van der Waals surface area contributed by atoms with Crippen LogP contribution >= 0.6 is 11.3 Å². The fraction of sp³-hybridized carbons (Fsp3) is 0.125. The lowest BCUT2D eigenvalue weighted by Crippen LogP contribution is -2.42. The van der Waals surface area contributed by atoms with E-state index in [1.807, 2.05) is 16.8 Å². The summed E-state index contributed by atoms with van der Waals surface area (Å²) < 4.78 is 18.5. The number of carbonyl (C=O) groups excluding carboxylic acids is 2. The van der Waals surface area contributed by atoms with Crippen LogP contribution in [0.15, 0.2) is 45.6 Å². The number of carbonyl (C=O) groups is 2. The molecular formula is C16H13FN4O3S. The molecule has 2 heterocycles. The molecule has 1 aromatic carbocycles. The maximum atomic E-state index is 13.5. The number of amides is 2. The Balaban J connectivity index is 1.47. The highest BCUT2D eigenvalue weighted by Gasteiger charge is 2.13. The number of benzene rings is 1. The van der Waals surface area contributed by atoms with Crippen molar-refractivity contribution in [3.05, 3.63) is 58.4 Å². The van der Waals surface area contributed by atoms with Gasteiger partial charge in [0, 0.05) is 23.8 Å². The van der Waals surface area contributed by atoms with Crippen molar-refractivity contribution in [2.45, 2.75) is 12.8 Å². The minimum atomic E-state index is -0.732. The number of hydrogen-bond donors (Lipinski definition) is 2. The van der Waals surface area contributed by atoms with Crippen LogP contribution in [-0.4, -0.2) is 22.0 Å². The number of aryl methyl sites for hydroxylation is 1. The average molecular weight is 360 g/mol. The van der Waals surface area contributed by atoms with E-state index in [0.717, 1.165) is 11.6 Å². The molecule has 0 radical (unpaired) electrons. The summed E-state index contributed by atoms with van der Waals surface area (Å²) >= 11 is 1.52. The summed E-state index contributed by atoms with van der Waals surface area (Å²) in [7, 11) is 0. The monoisotopic (exact) mass is 360 g/mol. The number of hydrogen-bond acceptors (Lipinski definition) is 6. The summed E-state index contributed by atoms with van der Waals surface area (Å²) in [6, 6.07) is 7.35. The van der Waals surface area contributed by atoms with Gasteiger partial charge in [0.2, 0.25) is 17.6 Å². The van der Waals surface area contributed by atoms with Crippen LogP contribution in [0.3, 0.4) is 0 Å². The van der Waals surface area contributed by atoms with Gasteiger partial charge in [0.15, 0.2) is 0 Å². The van der Waals surface area contributed by atoms with Gasteiger partial charge in [-0.3, -0.25) is 20.4 Å². The van der Waals surface area contributed by atoms with Gasteiger partial charge in [0.25, 0.3) is 5.91 Å². The fourth-order valence-electron chi connectivity index (χ4n) is 1.99. The van der Waals surface area contributed by atoms with Gasteiger partial charge in [-0.2, -0.15) is 16.3 Å². The maximum absolute atomic E-state index is 13.5. The molecule has 3 rings (SSSR count). The molecule has 0 unspecified atom stereocenters. The second-order valence-electron chi connectivity index (χ2n) is 5.01. The quantitative estimate of drug-likeness (QED) is 0.681. The third-order valence-corrected chi connectivity index (χ3v) is 3.93. The highest BCUT2D eigenvalue weighted by atomic mass is 32.1. The molecule has 0 aliphatic rings. The van der Waals surface area contributed by atoms with Gasteiger partial charge in [-0.1, -0.05) is 17.3 Å². The van der Waals surface area contributed by atoms with Crippen LogP contribution in [0.2, 0.25) is 0 Å². The van der Waals surface area contributed by atoms with E-state index in [0.29, 0.717) is 11.7 Å². The van der Waals surface area contributed by atoms with Crippen molar-refractivity contribution in [2.24, 2.45) is 0 Å². The van der Waals surface area contributed by atoms with E-state index in [1.54, 1.807) is 0 Å². The first-order valence-electron chi connectivity index (χ1n) is 7.32. The molecule has 128 valence electrons. The van der Waals surface area contributed by atoms with E-state index in [-0.39, 0.29) is 18.4 Å². The van der Waals surface area contributed by atoms with Crippen LogP contribution in [0.1, 0.15) is 22.7 Å². The van der Waals surface area contributed by atoms with Gasteiger partial charge in [0.1, 0.15) is 5.82 Å². The number of nitrogens with one attached hydrogen (secondary N) is 2. The van der Waals surface area contributed by atoms with E-state index in [1.165, 1.54) is 29.5 Å². The van der Waals surface area contributed by atoms with E-state index >= 15 is 0 Å². The zero-order valence-corrected chi connectivity index (χ0v) is 13.7. The Labute approximate surface area is 145 Å². The van der Waals surface area contributed by atoms with Crippen LogP contribution < -0.4 is 10.9 Å². The minimum Gasteiger partial charge on any atom is -0.339 e. The summed E-state index contributed by atoms with van der Waals surface area (Å²) in [5.74, 6) is -1.08. The number of rotatable bonds is 5. The first-order chi connectivity index (χ1) is 12.1. The molecule has 2 aromatic heterocycles. The summed E-state index contributed by atoms with van der Waals surface area (Å²) in [5, 5.41) is 7.63. The molecular weight excluding hydrogens is 347 g/mol. The van der Waals surface area contributed by atoms with E-state index < -0.39 is 17.6 Å². The van der Waals surface area contributed by atoms with Crippen molar-refractivity contribution in [1.82, 2.24) is 21.0 Å². The zero-order chi connectivity index (χ0) is 17.6. The average Bonchev–Trinajstić information content (AvgIpc) is 3.29. The van der Waals surface area contributed by atoms with E-state index in [9.17, 15) is 14.0 Å². The molecule has 25 heavy (non-hydrogen) atoms. The normalized spacial score (nSPS) is 10.4. The second kappa shape index (κ2) is 7.67. The Morgan fingerprint density at radius 3 is 2.80 bits per heavy atom. The van der Waals surface area contributed by atoms with Crippen molar-refractivity contribution in [2.75, 3.05) is 0 Å². The lowest BCUT2D eigenvalue weighted by molar-refractivity contribution is -0.121. The lowest BCUT2D eigenvalue weighted by atomic mass is 10.2. The number of nitrogens with zero attached hydrogens (tertiary/aromatic N) is 2. The predicted octanol–water partition coefficient (Wildman–Crippen LogP) is 2.33. The van der Waals surface area contributed by atoms with Crippen molar-refractivity contribution in [1.29, 1.82) is 0 Å². The first-order valence-corrected chi connectivity index (χ1v) is 8.26. The van der Waals surface area contributed by atoms with Gasteiger partial charge in [-0.05, 0) is 23.6 Å². The van der Waals surface area contributed by atoms with Crippen LogP contribution in [-0.2, 0) is 11.2 Å². The molecule has 0 spiro atoms. The maximum Gasteiger partial charge on any atom is 0.272 e. The fourth-order valence-corrected chi connectivity index (χ4v) is 2.62. The third kappa shape index (κ3) is 4.27. The molecule has 0 aliphatic carbocycles. The Morgan fingerprint density at radius 2 is 2.04 bits per heavy atom. The smallest absolute Gasteiger partial charge is 0.272 e. The van der Waals surface area contributed by atoms with Crippen LogP contribution in [0, 0.1) is 5.82 Å². The third-order valence-electron chi connectivity index (χ3n) is 3.25. The predicted molar refractivity (Wildman–Crippen MR) is 87.9 cm³/mol. The van der Waals surface area contributed by atoms with Gasteiger partial charge in [-0.15, -0.1) is 0 Å². The standard InChI is InChI=1S/C16H13FN4O3S/c17-12-4-2-1-3-11(12)16(23)20-19-13(22)5-6-14-18-15(21-24-14)10-7-8-25-9-10/h1-4,7-9H,5-6H2,(H,19,22)(H,20,23). The summed E-state index contributed by atoms with van der Waals surface area (Å²) in [4.78, 5) is 27.7. The molecule has 0 bridgehead atoms. The molecule has 2 amide bonds. The number of thiophene rings is 1. The number of halogens is 1. The molecule has 0 saturated carbocycles. The second-order valence-corrected chi connectivity index (χ2v) is 5.79. The zero-order valence-electron chi connectivity index (χ0n) is 12.9. The van der Waals surface area contributed by atoms with Crippen LogP contribution in [0.25, 0.3) is 11.4 Å². The van der Waals surface area contributed by atoms with Crippen molar-refractivity contribution >= 4 is 23.2 Å². The SMILES string of the molecule is O=C(CCc1nc(-c2ccsc2)no1)NNC(=O)c1ccccc1F. The van der Waals surface area contributed by atoms with Crippen molar-refractivity contribution in [3.8, 4) is 11.4 Å². The lowest BCUT2D eigenvalue weighted by Gasteiger charge is -2.07. The van der Waals surface area contributed by atoms with Gasteiger partial charge in [0.05, 0.1) is 5.56 Å². The highest BCUT2D eigenvalue weighted by molar-refractivity contribution is 7.08. The van der Waals surface area contributed by atoms with Crippen LogP contribution in [0.4, 0.5) is 4.39 Å². The van der Waals surface area contributed by atoms with Crippen molar-refractivity contribution in [3.63, 3.8) is 0 Å². The summed E-state index contributed by atoms with van der Waals surface area (Å²) in [6.07, 6.45) is 0.251. The Hall–Kier alpha value is -3.07.